The Hall–Kier alpha value is -3.99. The van der Waals surface area contributed by atoms with Crippen molar-refractivity contribution in [1.29, 1.82) is 0 Å². The van der Waals surface area contributed by atoms with E-state index in [4.69, 9.17) is 5.73 Å². The van der Waals surface area contributed by atoms with Crippen LogP contribution in [0.15, 0.2) is 0 Å². The van der Waals surface area contributed by atoms with E-state index < -0.39 is 121 Å². The predicted octanol–water partition coefficient (Wildman–Crippen LogP) is -7.20. The third-order valence-corrected chi connectivity index (χ3v) is 11.3. The number of β-amino-alcohol motifs (C(OH)–C–C–N with tert-alkyl or cyclic N) is 6. The molecule has 6 heterocycles. The van der Waals surface area contributed by atoms with Gasteiger partial charge in [0.15, 0.2) is 0 Å². The molecule has 21 heteroatoms. The molecule has 0 bridgehead atoms. The number of carboxylic acid groups (broad SMARTS) is 1. The maximum absolute atomic E-state index is 14.2. The molecule has 0 radical (unpaired) electrons. The summed E-state index contributed by atoms with van der Waals surface area (Å²) in [5.74, 6) is -5.84. The number of nitrogens with zero attached hydrogens (tertiary/aromatic N) is 6. The van der Waals surface area contributed by atoms with Gasteiger partial charge in [-0.25, -0.2) is 4.79 Å². The highest BCUT2D eigenvalue weighted by atomic mass is 16.4. The van der Waals surface area contributed by atoms with E-state index in [1.165, 1.54) is 0 Å². The van der Waals surface area contributed by atoms with Gasteiger partial charge in [-0.3, -0.25) is 28.8 Å². The summed E-state index contributed by atoms with van der Waals surface area (Å²) in [4.78, 5) is 100. The van der Waals surface area contributed by atoms with E-state index in [2.05, 4.69) is 0 Å². The number of nitrogens with two attached hydrogens (primary N) is 1. The standard InChI is InChI=1S/C32H47N7O14/c33-7-26(46)34-8-14(40)1-20(34)27(47)35-9-15(41)2-21(35)28(48)36-10-16(42)3-22(36)29(49)37-11-17(43)4-23(37)30(50)38-12-18(44)5-24(38)31(51)39-13-19(45)6-25(39)32(52)53/h14-25,40-45H,1-13,33H2,(H,52,53)/t14-,15-,16-,17-,18-,19-,20+,21+,22+,23+,24+,25+/m1/s1. The lowest BCUT2D eigenvalue weighted by atomic mass is 10.1. The van der Waals surface area contributed by atoms with E-state index >= 15 is 0 Å². The number of amides is 6. The van der Waals surface area contributed by atoms with Crippen molar-refractivity contribution in [2.24, 2.45) is 5.73 Å². The Morgan fingerprint density at radius 3 is 0.849 bits per heavy atom. The number of likely N-dealkylation sites (tertiary alicyclic amines) is 6. The molecule has 0 spiro atoms. The second-order valence-electron chi connectivity index (χ2n) is 15.0. The van der Waals surface area contributed by atoms with Crippen LogP contribution in [0.4, 0.5) is 0 Å². The number of aliphatic hydroxyl groups excluding tert-OH is 6. The molecule has 6 aliphatic rings. The lowest BCUT2D eigenvalue weighted by molar-refractivity contribution is -0.155. The number of aliphatic carboxylic acids is 1. The van der Waals surface area contributed by atoms with E-state index in [9.17, 15) is 69.3 Å². The molecule has 0 aromatic carbocycles. The van der Waals surface area contributed by atoms with Gasteiger partial charge in [-0.15, -0.1) is 0 Å². The topological polar surface area (TPSA) is 307 Å². The van der Waals surface area contributed by atoms with Crippen molar-refractivity contribution in [1.82, 2.24) is 29.4 Å². The van der Waals surface area contributed by atoms with Crippen molar-refractivity contribution in [3.8, 4) is 0 Å². The molecule has 0 saturated carbocycles. The third kappa shape index (κ3) is 7.30. The summed E-state index contributed by atoms with van der Waals surface area (Å²) in [5.41, 5.74) is 5.49. The van der Waals surface area contributed by atoms with Crippen molar-refractivity contribution in [2.45, 2.75) is 111 Å². The molecule has 0 aromatic rings. The van der Waals surface area contributed by atoms with E-state index in [1.54, 1.807) is 0 Å². The van der Waals surface area contributed by atoms with Gasteiger partial charge >= 0.3 is 5.97 Å². The van der Waals surface area contributed by atoms with Gasteiger partial charge in [-0.1, -0.05) is 0 Å². The number of carbonyl (C=O) groups is 7. The zero-order chi connectivity index (χ0) is 38.6. The van der Waals surface area contributed by atoms with Gasteiger partial charge in [-0.05, 0) is 0 Å². The summed E-state index contributed by atoms with van der Waals surface area (Å²) >= 11 is 0. The van der Waals surface area contributed by atoms with E-state index in [1.807, 2.05) is 0 Å². The molecule has 0 unspecified atom stereocenters. The first-order valence-corrected chi connectivity index (χ1v) is 17.8. The molecule has 9 N–H and O–H groups in total. The minimum atomic E-state index is -1.36. The number of carboxylic acids is 1. The molecular formula is C32H47N7O14. The lowest BCUT2D eigenvalue weighted by Crippen LogP contribution is -2.58. The lowest BCUT2D eigenvalue weighted by Gasteiger charge is -2.36. The van der Waals surface area contributed by atoms with E-state index in [0.29, 0.717) is 0 Å². The highest BCUT2D eigenvalue weighted by molar-refractivity contribution is 5.98. The number of aliphatic hydroxyl groups is 6. The predicted molar refractivity (Wildman–Crippen MR) is 173 cm³/mol. The zero-order valence-electron chi connectivity index (χ0n) is 28.9. The van der Waals surface area contributed by atoms with Crippen LogP contribution in [0.5, 0.6) is 0 Å². The van der Waals surface area contributed by atoms with Gasteiger partial charge < -0.3 is 70.9 Å². The van der Waals surface area contributed by atoms with Crippen LogP contribution in [0.2, 0.25) is 0 Å². The highest BCUT2D eigenvalue weighted by Crippen LogP contribution is 2.33. The monoisotopic (exact) mass is 753 g/mol. The van der Waals surface area contributed by atoms with Gasteiger partial charge in [0.2, 0.25) is 35.4 Å². The van der Waals surface area contributed by atoms with Gasteiger partial charge in [0.1, 0.15) is 36.3 Å². The molecule has 53 heavy (non-hydrogen) atoms. The fraction of sp³-hybridized carbons (Fsp3) is 0.781. The minimum Gasteiger partial charge on any atom is -0.480 e. The van der Waals surface area contributed by atoms with Crippen molar-refractivity contribution >= 4 is 41.4 Å². The first-order chi connectivity index (χ1) is 25.0. The van der Waals surface area contributed by atoms with Gasteiger partial charge in [0.25, 0.3) is 0 Å². The molecule has 294 valence electrons. The van der Waals surface area contributed by atoms with E-state index in [-0.39, 0.29) is 77.8 Å². The van der Waals surface area contributed by atoms with Crippen LogP contribution in [0, 0.1) is 0 Å². The summed E-state index contributed by atoms with van der Waals surface area (Å²) in [6, 6.07) is -7.84. The summed E-state index contributed by atoms with van der Waals surface area (Å²) in [7, 11) is 0. The van der Waals surface area contributed by atoms with Crippen LogP contribution in [0.3, 0.4) is 0 Å². The second-order valence-corrected chi connectivity index (χ2v) is 15.0. The molecule has 6 amide bonds. The summed E-state index contributed by atoms with van der Waals surface area (Å²) in [6.07, 6.45) is -8.13. The van der Waals surface area contributed by atoms with E-state index in [0.717, 1.165) is 29.4 Å². The number of rotatable bonds is 7. The number of hydrogen-bond donors (Lipinski definition) is 8. The summed E-state index contributed by atoms with van der Waals surface area (Å²) in [5, 5.41) is 72.3. The first kappa shape index (κ1) is 38.7. The normalized spacial score (nSPS) is 37.3. The van der Waals surface area contributed by atoms with Crippen LogP contribution in [0.1, 0.15) is 38.5 Å². The van der Waals surface area contributed by atoms with Crippen LogP contribution in [-0.4, -0.2) is 225 Å². The Labute approximate surface area is 303 Å². The molecule has 6 fully saturated rings. The van der Waals surface area contributed by atoms with Crippen molar-refractivity contribution in [3.05, 3.63) is 0 Å². The molecule has 0 aromatic heterocycles. The molecule has 6 aliphatic heterocycles. The molecular weight excluding hydrogens is 706 g/mol. The number of hydrogen-bond acceptors (Lipinski definition) is 14. The number of carbonyl (C=O) groups excluding carboxylic acids is 6. The fourth-order valence-electron chi connectivity index (χ4n) is 8.86. The molecule has 0 aliphatic carbocycles. The Balaban J connectivity index is 1.20. The van der Waals surface area contributed by atoms with Gasteiger partial charge in [-0.2, -0.15) is 0 Å². The van der Waals surface area contributed by atoms with Crippen LogP contribution in [0.25, 0.3) is 0 Å². The van der Waals surface area contributed by atoms with Gasteiger partial charge in [0, 0.05) is 77.8 Å². The molecule has 6 rings (SSSR count). The molecule has 21 nitrogen and oxygen atoms in total. The summed E-state index contributed by atoms with van der Waals surface area (Å²) in [6.45, 7) is -2.15. The Kier molecular flexibility index (Phi) is 11.0. The van der Waals surface area contributed by atoms with Crippen molar-refractivity contribution in [3.63, 3.8) is 0 Å². The Morgan fingerprint density at radius 2 is 0.604 bits per heavy atom. The maximum Gasteiger partial charge on any atom is 0.326 e. The van der Waals surface area contributed by atoms with Crippen LogP contribution >= 0.6 is 0 Å². The SMILES string of the molecule is NCC(=O)N1C[C@H](O)C[C@H]1C(=O)N1C[C@H](O)C[C@H]1C(=O)N1C[C@H](O)C[C@H]1C(=O)N1C[C@H](O)C[C@H]1C(=O)N1C[C@H](O)C[C@H]1C(=O)N1C[C@H](O)C[C@H]1C(=O)O. The molecule has 12 atom stereocenters. The van der Waals surface area contributed by atoms with Crippen molar-refractivity contribution in [2.75, 3.05) is 45.8 Å². The average molecular weight is 754 g/mol. The smallest absolute Gasteiger partial charge is 0.326 e. The minimum absolute atomic E-state index is 0.116. The van der Waals surface area contributed by atoms with Gasteiger partial charge in [0.05, 0.1) is 43.2 Å². The fourth-order valence-corrected chi connectivity index (χ4v) is 8.86. The van der Waals surface area contributed by atoms with Crippen LogP contribution in [-0.2, 0) is 33.6 Å². The quantitative estimate of drug-likeness (QED) is 0.120. The van der Waals surface area contributed by atoms with Crippen molar-refractivity contribution < 1.29 is 69.3 Å². The summed E-state index contributed by atoms with van der Waals surface area (Å²) < 4.78 is 0. The molecule has 6 saturated heterocycles. The van der Waals surface area contributed by atoms with Crippen LogP contribution < -0.4 is 5.73 Å². The Morgan fingerprint density at radius 1 is 0.396 bits per heavy atom. The highest BCUT2D eigenvalue weighted by Gasteiger charge is 2.54. The zero-order valence-corrected chi connectivity index (χ0v) is 28.9. The second kappa shape index (κ2) is 15.0. The average Bonchev–Trinajstić information content (AvgIpc) is 3.96. The maximum atomic E-state index is 14.2. The largest absolute Gasteiger partial charge is 0.480 e. The third-order valence-electron chi connectivity index (χ3n) is 11.3. The Bertz CT molecular complexity index is 1520. The first-order valence-electron chi connectivity index (χ1n) is 17.8.